The maximum absolute atomic E-state index is 6.61. The minimum Gasteiger partial charge on any atom is -0.497 e. The summed E-state index contributed by atoms with van der Waals surface area (Å²) in [5, 5.41) is 4.37. The van der Waals surface area contributed by atoms with E-state index >= 15 is 0 Å². The van der Waals surface area contributed by atoms with Crippen molar-refractivity contribution in [1.29, 1.82) is 0 Å². The van der Waals surface area contributed by atoms with Gasteiger partial charge in [0, 0.05) is 41.1 Å². The molecule has 0 spiro atoms. The van der Waals surface area contributed by atoms with E-state index in [0.29, 0.717) is 11.6 Å². The number of rotatable bonds is 6. The molecular weight excluding hydrogens is 470 g/mol. The highest BCUT2D eigenvalue weighted by atomic mass is 35.5. The van der Waals surface area contributed by atoms with Crippen molar-refractivity contribution in [3.8, 4) is 17.6 Å². The first-order valence-corrected chi connectivity index (χ1v) is 12.5. The van der Waals surface area contributed by atoms with E-state index in [9.17, 15) is 0 Å². The lowest BCUT2D eigenvalue weighted by Gasteiger charge is -2.38. The average molecular weight is 498 g/mol. The summed E-state index contributed by atoms with van der Waals surface area (Å²) in [6, 6.07) is 22.0. The van der Waals surface area contributed by atoms with Crippen LogP contribution in [0.5, 0.6) is 5.75 Å². The van der Waals surface area contributed by atoms with Crippen molar-refractivity contribution in [2.24, 2.45) is 0 Å². The van der Waals surface area contributed by atoms with Gasteiger partial charge in [0.1, 0.15) is 11.4 Å². The highest BCUT2D eigenvalue weighted by Crippen LogP contribution is 2.34. The Labute approximate surface area is 216 Å². The molecule has 1 aromatic heterocycles. The van der Waals surface area contributed by atoms with Gasteiger partial charge in [-0.2, -0.15) is 0 Å². The molecule has 0 saturated heterocycles. The number of fused-ring (bicyclic) bond motifs is 1. The molecule has 1 fully saturated rings. The molecule has 0 unspecified atom stereocenters. The summed E-state index contributed by atoms with van der Waals surface area (Å²) in [5.74, 6) is 7.66. The first-order valence-electron chi connectivity index (χ1n) is 12.1. The van der Waals surface area contributed by atoms with Gasteiger partial charge in [0.2, 0.25) is 0 Å². The lowest BCUT2D eigenvalue weighted by molar-refractivity contribution is -0.0395. The fourth-order valence-electron chi connectivity index (χ4n) is 4.62. The Morgan fingerprint density at radius 3 is 2.67 bits per heavy atom. The summed E-state index contributed by atoms with van der Waals surface area (Å²) in [7, 11) is 1.67. The van der Waals surface area contributed by atoms with E-state index in [1.165, 1.54) is 0 Å². The summed E-state index contributed by atoms with van der Waals surface area (Å²) in [6.07, 6.45) is 7.13. The van der Waals surface area contributed by atoms with Gasteiger partial charge in [-0.1, -0.05) is 41.6 Å². The zero-order valence-corrected chi connectivity index (χ0v) is 21.0. The third kappa shape index (κ3) is 5.96. The second-order valence-corrected chi connectivity index (χ2v) is 9.53. The molecule has 0 radical (unpaired) electrons. The Morgan fingerprint density at radius 1 is 1.03 bits per heavy atom. The number of methoxy groups -OCH3 is 1. The third-order valence-electron chi connectivity index (χ3n) is 6.48. The van der Waals surface area contributed by atoms with E-state index < -0.39 is 5.60 Å². The van der Waals surface area contributed by atoms with E-state index in [1.54, 1.807) is 19.5 Å². The van der Waals surface area contributed by atoms with Gasteiger partial charge in [0.25, 0.3) is 0 Å². The molecule has 2 atom stereocenters. The molecule has 1 saturated carbocycles. The van der Waals surface area contributed by atoms with Gasteiger partial charge in [-0.05, 0) is 73.4 Å². The van der Waals surface area contributed by atoms with E-state index in [1.807, 2.05) is 54.6 Å². The summed E-state index contributed by atoms with van der Waals surface area (Å²) in [4.78, 5) is 8.81. The zero-order valence-electron chi connectivity index (χ0n) is 20.2. The molecule has 1 aliphatic carbocycles. The van der Waals surface area contributed by atoms with Gasteiger partial charge in [-0.25, -0.2) is 0 Å². The molecule has 5 nitrogen and oxygen atoms in total. The molecule has 4 aromatic rings. The number of nitrogens with zero attached hydrogens (tertiary/aromatic N) is 2. The van der Waals surface area contributed by atoms with Crippen molar-refractivity contribution >= 4 is 28.3 Å². The molecule has 0 amide bonds. The van der Waals surface area contributed by atoms with E-state index in [4.69, 9.17) is 21.1 Å². The van der Waals surface area contributed by atoms with Crippen molar-refractivity contribution < 1.29 is 9.47 Å². The molecule has 182 valence electrons. The van der Waals surface area contributed by atoms with Crippen LogP contribution in [-0.4, -0.2) is 28.7 Å². The third-order valence-corrected chi connectivity index (χ3v) is 6.72. The van der Waals surface area contributed by atoms with Gasteiger partial charge >= 0.3 is 0 Å². The van der Waals surface area contributed by atoms with Crippen LogP contribution < -0.4 is 10.1 Å². The van der Waals surface area contributed by atoms with Crippen molar-refractivity contribution in [3.05, 3.63) is 95.3 Å². The molecule has 6 heteroatoms. The predicted octanol–water partition coefficient (Wildman–Crippen LogP) is 6.65. The Hall–Kier alpha value is -3.59. The number of benzene rings is 3. The van der Waals surface area contributed by atoms with Gasteiger partial charge in [-0.3, -0.25) is 9.97 Å². The van der Waals surface area contributed by atoms with Crippen molar-refractivity contribution in [3.63, 3.8) is 0 Å². The SMILES string of the molecule is COc1ccc(CO[C@]2(C#Cc3cccc(Cl)c3)CCC[C@@H](Nc3ccc4nccnc4c3)C2)cc1. The second kappa shape index (κ2) is 11.0. The van der Waals surface area contributed by atoms with Crippen molar-refractivity contribution in [2.45, 2.75) is 43.9 Å². The van der Waals surface area contributed by atoms with Crippen LogP contribution in [0.25, 0.3) is 11.0 Å². The Morgan fingerprint density at radius 2 is 1.86 bits per heavy atom. The highest BCUT2D eigenvalue weighted by molar-refractivity contribution is 6.30. The summed E-state index contributed by atoms with van der Waals surface area (Å²) >= 11 is 6.19. The second-order valence-electron chi connectivity index (χ2n) is 9.09. The van der Waals surface area contributed by atoms with Crippen LogP contribution in [0, 0.1) is 11.8 Å². The first kappa shape index (κ1) is 24.1. The first-order chi connectivity index (χ1) is 17.6. The standard InChI is InChI=1S/C30H28ClN3O2/c1-35-27-10-7-23(8-11-27)21-36-30(15-13-22-4-2-5-24(31)18-22)14-3-6-26(20-30)34-25-9-12-28-29(19-25)33-17-16-32-28/h2,4-5,7-12,16-19,26,34H,3,6,14,20-21H2,1H3/t26-,30+/m1/s1. The maximum atomic E-state index is 6.61. The number of halogens is 1. The fourth-order valence-corrected chi connectivity index (χ4v) is 4.81. The molecular formula is C30H28ClN3O2. The maximum Gasteiger partial charge on any atom is 0.131 e. The lowest BCUT2D eigenvalue weighted by Crippen LogP contribution is -2.41. The van der Waals surface area contributed by atoms with Crippen LogP contribution in [0.1, 0.15) is 36.8 Å². The largest absolute Gasteiger partial charge is 0.497 e. The number of anilines is 1. The van der Waals surface area contributed by atoms with Crippen LogP contribution in [0.4, 0.5) is 5.69 Å². The molecule has 0 bridgehead atoms. The summed E-state index contributed by atoms with van der Waals surface area (Å²) < 4.78 is 11.9. The Kier molecular flexibility index (Phi) is 7.36. The van der Waals surface area contributed by atoms with E-state index in [0.717, 1.165) is 59.3 Å². The number of hydrogen-bond donors (Lipinski definition) is 1. The van der Waals surface area contributed by atoms with Crippen molar-refractivity contribution in [1.82, 2.24) is 9.97 Å². The Balaban J connectivity index is 1.38. The molecule has 36 heavy (non-hydrogen) atoms. The predicted molar refractivity (Wildman–Crippen MR) is 144 cm³/mol. The molecule has 1 N–H and O–H groups in total. The van der Waals surface area contributed by atoms with Crippen LogP contribution >= 0.6 is 11.6 Å². The summed E-state index contributed by atoms with van der Waals surface area (Å²) in [5.41, 5.74) is 4.19. The molecule has 0 aliphatic heterocycles. The van der Waals surface area contributed by atoms with Gasteiger partial charge in [0.05, 0.1) is 24.8 Å². The summed E-state index contributed by atoms with van der Waals surface area (Å²) in [6.45, 7) is 0.479. The number of nitrogens with one attached hydrogen (secondary N) is 1. The highest BCUT2D eigenvalue weighted by Gasteiger charge is 2.36. The zero-order chi connectivity index (χ0) is 24.8. The number of ether oxygens (including phenoxy) is 2. The van der Waals surface area contributed by atoms with Crippen molar-refractivity contribution in [2.75, 3.05) is 12.4 Å². The van der Waals surface area contributed by atoms with Crippen LogP contribution in [0.15, 0.2) is 79.1 Å². The number of hydrogen-bond acceptors (Lipinski definition) is 5. The van der Waals surface area contributed by atoms with E-state index in [2.05, 4.69) is 39.3 Å². The van der Waals surface area contributed by atoms with Crippen LogP contribution in [-0.2, 0) is 11.3 Å². The average Bonchev–Trinajstić information content (AvgIpc) is 2.91. The number of aromatic nitrogens is 2. The lowest BCUT2D eigenvalue weighted by atomic mass is 9.81. The van der Waals surface area contributed by atoms with Gasteiger partial charge in [0.15, 0.2) is 0 Å². The van der Waals surface area contributed by atoms with Crippen LogP contribution in [0.2, 0.25) is 5.02 Å². The molecule has 3 aromatic carbocycles. The van der Waals surface area contributed by atoms with E-state index in [-0.39, 0.29) is 6.04 Å². The minimum absolute atomic E-state index is 0.220. The monoisotopic (exact) mass is 497 g/mol. The molecule has 5 rings (SSSR count). The smallest absolute Gasteiger partial charge is 0.131 e. The van der Waals surface area contributed by atoms with Gasteiger partial charge in [-0.15, -0.1) is 0 Å². The van der Waals surface area contributed by atoms with Crippen LogP contribution in [0.3, 0.4) is 0 Å². The van der Waals surface area contributed by atoms with Gasteiger partial charge < -0.3 is 14.8 Å². The normalized spacial score (nSPS) is 19.3. The molecule has 1 heterocycles. The topological polar surface area (TPSA) is 56.3 Å². The fraction of sp³-hybridized carbons (Fsp3) is 0.267. The minimum atomic E-state index is -0.575. The molecule has 1 aliphatic rings. The Bertz CT molecular complexity index is 1400. The quantitative estimate of drug-likeness (QED) is 0.302.